The lowest BCUT2D eigenvalue weighted by atomic mass is 10.0. The van der Waals surface area contributed by atoms with Gasteiger partial charge in [-0.2, -0.15) is 4.98 Å². The maximum Gasteiger partial charge on any atom is 0.269 e. The largest absolute Gasteiger partial charge is 0.333 e. The normalized spacial score (nSPS) is 11.8. The van der Waals surface area contributed by atoms with Crippen LogP contribution in [0.25, 0.3) is 22.2 Å². The zero-order valence-electron chi connectivity index (χ0n) is 18.4. The van der Waals surface area contributed by atoms with Crippen LogP contribution in [-0.2, 0) is 16.4 Å². The number of hydrogen-bond donors (Lipinski definition) is 0. The van der Waals surface area contributed by atoms with E-state index in [0.717, 1.165) is 17.5 Å². The Morgan fingerprint density at radius 2 is 1.72 bits per heavy atom. The van der Waals surface area contributed by atoms with Crippen LogP contribution in [0.4, 0.5) is 5.69 Å². The van der Waals surface area contributed by atoms with Gasteiger partial charge in [0, 0.05) is 12.6 Å². The third kappa shape index (κ3) is 4.20. The van der Waals surface area contributed by atoms with E-state index in [0.29, 0.717) is 22.3 Å². The minimum atomic E-state index is -3.81. The fraction of sp³-hybridized carbons (Fsp3) is 0.250. The highest BCUT2D eigenvalue weighted by Crippen LogP contribution is 2.35. The molecular weight excluding hydrogens is 442 g/mol. The molecule has 0 saturated heterocycles. The second-order valence-electron chi connectivity index (χ2n) is 7.81. The van der Waals surface area contributed by atoms with Crippen LogP contribution >= 0.6 is 11.3 Å². The van der Waals surface area contributed by atoms with E-state index in [4.69, 9.17) is 4.52 Å². The Hall–Kier alpha value is -2.97. The third-order valence-corrected chi connectivity index (χ3v) is 8.29. The maximum atomic E-state index is 13.4. The second-order valence-corrected chi connectivity index (χ2v) is 10.7. The zero-order chi connectivity index (χ0) is 22.9. The Bertz CT molecular complexity index is 1310. The van der Waals surface area contributed by atoms with Gasteiger partial charge in [-0.15, -0.1) is 11.3 Å². The number of hydrogen-bond acceptors (Lipinski definition) is 6. The van der Waals surface area contributed by atoms with Gasteiger partial charge < -0.3 is 4.52 Å². The first kappa shape index (κ1) is 22.2. The van der Waals surface area contributed by atoms with Crippen LogP contribution < -0.4 is 4.31 Å². The van der Waals surface area contributed by atoms with Crippen molar-refractivity contribution in [1.82, 2.24) is 10.1 Å². The van der Waals surface area contributed by atoms with Gasteiger partial charge in [0.15, 0.2) is 0 Å². The van der Waals surface area contributed by atoms with Crippen molar-refractivity contribution in [2.45, 2.75) is 38.0 Å². The van der Waals surface area contributed by atoms with Crippen molar-refractivity contribution in [1.29, 1.82) is 0 Å². The van der Waals surface area contributed by atoms with E-state index in [9.17, 15) is 8.42 Å². The van der Waals surface area contributed by atoms with Crippen molar-refractivity contribution in [2.24, 2.45) is 0 Å². The Morgan fingerprint density at radius 1 is 1.03 bits per heavy atom. The molecule has 0 atom stereocenters. The van der Waals surface area contributed by atoms with Crippen LogP contribution in [0.5, 0.6) is 0 Å². The molecule has 0 aliphatic heterocycles. The molecule has 2 heterocycles. The van der Waals surface area contributed by atoms with Crippen LogP contribution in [0.1, 0.15) is 37.8 Å². The van der Waals surface area contributed by atoms with E-state index in [-0.39, 0.29) is 10.8 Å². The summed E-state index contributed by atoms with van der Waals surface area (Å²) in [5.41, 5.74) is 3.78. The number of nitrogens with zero attached hydrogens (tertiary/aromatic N) is 3. The average Bonchev–Trinajstić information content (AvgIpc) is 3.48. The molecule has 2 aromatic carbocycles. The maximum absolute atomic E-state index is 13.4. The van der Waals surface area contributed by atoms with E-state index in [2.05, 4.69) is 30.9 Å². The Balaban J connectivity index is 1.64. The van der Waals surface area contributed by atoms with Crippen LogP contribution in [-0.4, -0.2) is 25.6 Å². The predicted molar refractivity (Wildman–Crippen MR) is 129 cm³/mol. The summed E-state index contributed by atoms with van der Waals surface area (Å²) in [6.45, 7) is 6.30. The van der Waals surface area contributed by atoms with E-state index < -0.39 is 10.0 Å². The van der Waals surface area contributed by atoms with Gasteiger partial charge >= 0.3 is 0 Å². The van der Waals surface area contributed by atoms with Crippen LogP contribution in [0.15, 0.2) is 69.4 Å². The Kier molecular flexibility index (Phi) is 6.17. The molecule has 0 saturated carbocycles. The molecule has 2 aromatic heterocycles. The molecule has 0 aliphatic carbocycles. The molecule has 0 radical (unpaired) electrons. The molecule has 8 heteroatoms. The molecule has 0 amide bonds. The highest BCUT2D eigenvalue weighted by atomic mass is 32.2. The standard InChI is InChI=1S/C24H25N3O3S2/c1-5-17-6-8-19(9-7-17)23-25-24(30-26-23)22-21(14-15-31-22)32(28,29)27(4)20-12-10-18(11-13-20)16(2)3/h6-16H,5H2,1-4H3. The molecule has 0 fully saturated rings. The number of rotatable bonds is 7. The van der Waals surface area contributed by atoms with Gasteiger partial charge in [0.2, 0.25) is 5.82 Å². The lowest BCUT2D eigenvalue weighted by molar-refractivity contribution is 0.432. The van der Waals surface area contributed by atoms with Crippen molar-refractivity contribution in [3.63, 3.8) is 0 Å². The van der Waals surface area contributed by atoms with Gasteiger partial charge in [-0.25, -0.2) is 8.42 Å². The number of sulfonamides is 1. The number of thiophene rings is 1. The third-order valence-electron chi connectivity index (χ3n) is 5.43. The average molecular weight is 468 g/mol. The summed E-state index contributed by atoms with van der Waals surface area (Å²) in [4.78, 5) is 5.04. The smallest absolute Gasteiger partial charge is 0.269 e. The summed E-state index contributed by atoms with van der Waals surface area (Å²) < 4.78 is 33.5. The lowest BCUT2D eigenvalue weighted by Gasteiger charge is -2.20. The first-order valence-electron chi connectivity index (χ1n) is 10.4. The fourth-order valence-corrected chi connectivity index (χ4v) is 5.84. The van der Waals surface area contributed by atoms with Crippen LogP contribution in [0, 0.1) is 0 Å². The molecule has 0 aliphatic rings. The molecule has 0 spiro atoms. The molecular formula is C24H25N3O3S2. The van der Waals surface area contributed by atoms with E-state index in [1.807, 2.05) is 48.5 Å². The second kappa shape index (κ2) is 8.88. The molecule has 0 bridgehead atoms. The van der Waals surface area contributed by atoms with Gasteiger partial charge in [0.25, 0.3) is 15.9 Å². The van der Waals surface area contributed by atoms with Crippen molar-refractivity contribution < 1.29 is 12.9 Å². The predicted octanol–water partition coefficient (Wildman–Crippen LogP) is 5.98. The van der Waals surface area contributed by atoms with Gasteiger partial charge in [-0.3, -0.25) is 4.31 Å². The first-order valence-corrected chi connectivity index (χ1v) is 12.7. The lowest BCUT2D eigenvalue weighted by Crippen LogP contribution is -2.26. The molecule has 4 rings (SSSR count). The molecule has 4 aromatic rings. The highest BCUT2D eigenvalue weighted by molar-refractivity contribution is 7.93. The summed E-state index contributed by atoms with van der Waals surface area (Å²) in [7, 11) is -2.26. The Morgan fingerprint density at radius 3 is 2.34 bits per heavy atom. The molecule has 0 N–H and O–H groups in total. The molecule has 6 nitrogen and oxygen atoms in total. The van der Waals surface area contributed by atoms with Crippen LogP contribution in [0.2, 0.25) is 0 Å². The molecule has 166 valence electrons. The summed E-state index contributed by atoms with van der Waals surface area (Å²) in [6.07, 6.45) is 0.946. The van der Waals surface area contributed by atoms with E-state index in [1.165, 1.54) is 21.2 Å². The van der Waals surface area contributed by atoms with E-state index >= 15 is 0 Å². The van der Waals surface area contributed by atoms with Gasteiger partial charge in [0.05, 0.1) is 5.69 Å². The van der Waals surface area contributed by atoms with Gasteiger partial charge in [0.1, 0.15) is 9.77 Å². The quantitative estimate of drug-likeness (QED) is 0.334. The van der Waals surface area contributed by atoms with Crippen molar-refractivity contribution in [3.8, 4) is 22.2 Å². The minimum Gasteiger partial charge on any atom is -0.333 e. The number of aryl methyl sites for hydroxylation is 1. The van der Waals surface area contributed by atoms with Gasteiger partial charge in [-0.05, 0) is 47.0 Å². The zero-order valence-corrected chi connectivity index (χ0v) is 20.1. The highest BCUT2D eigenvalue weighted by Gasteiger charge is 2.28. The number of benzene rings is 2. The van der Waals surface area contributed by atoms with Crippen molar-refractivity contribution >= 4 is 27.0 Å². The van der Waals surface area contributed by atoms with E-state index in [1.54, 1.807) is 18.5 Å². The minimum absolute atomic E-state index is 0.148. The fourth-order valence-electron chi connectivity index (χ4n) is 3.33. The molecule has 0 unspecified atom stereocenters. The topological polar surface area (TPSA) is 76.3 Å². The summed E-state index contributed by atoms with van der Waals surface area (Å²) >= 11 is 1.26. The SMILES string of the molecule is CCc1ccc(-c2noc(-c3sccc3S(=O)(=O)N(C)c3ccc(C(C)C)cc3)n2)cc1. The van der Waals surface area contributed by atoms with Crippen molar-refractivity contribution in [3.05, 3.63) is 71.1 Å². The monoisotopic (exact) mass is 467 g/mol. The first-order chi connectivity index (χ1) is 15.3. The Labute approximate surface area is 192 Å². The number of anilines is 1. The van der Waals surface area contributed by atoms with Crippen LogP contribution in [0.3, 0.4) is 0 Å². The summed E-state index contributed by atoms with van der Waals surface area (Å²) in [5.74, 6) is 0.994. The molecule has 32 heavy (non-hydrogen) atoms. The number of aromatic nitrogens is 2. The summed E-state index contributed by atoms with van der Waals surface area (Å²) in [5, 5.41) is 5.78. The van der Waals surface area contributed by atoms with Gasteiger partial charge in [-0.1, -0.05) is 62.3 Å². The van der Waals surface area contributed by atoms with Crippen molar-refractivity contribution in [2.75, 3.05) is 11.4 Å². The summed E-state index contributed by atoms with van der Waals surface area (Å²) in [6, 6.07) is 17.0.